The fourth-order valence-electron chi connectivity index (χ4n) is 1.15. The SMILES string of the molecule is Oc1ccc(-c2nc(=S)[nH]c(=S)[nH]2)cc1. The van der Waals surface area contributed by atoms with Crippen LogP contribution >= 0.6 is 24.4 Å². The highest BCUT2D eigenvalue weighted by Gasteiger charge is 1.99. The van der Waals surface area contributed by atoms with Crippen molar-refractivity contribution >= 4 is 24.4 Å². The Morgan fingerprint density at radius 3 is 2.33 bits per heavy atom. The number of aromatic hydroxyl groups is 1. The van der Waals surface area contributed by atoms with Gasteiger partial charge in [-0.3, -0.25) is 0 Å². The van der Waals surface area contributed by atoms with Crippen molar-refractivity contribution in [2.45, 2.75) is 0 Å². The summed E-state index contributed by atoms with van der Waals surface area (Å²) in [5.74, 6) is 0.794. The zero-order valence-electron chi connectivity index (χ0n) is 7.52. The number of hydrogen-bond acceptors (Lipinski definition) is 4. The molecule has 0 aliphatic rings. The van der Waals surface area contributed by atoms with E-state index in [2.05, 4.69) is 15.0 Å². The van der Waals surface area contributed by atoms with Crippen LogP contribution in [0.5, 0.6) is 5.75 Å². The van der Waals surface area contributed by atoms with Crippen LogP contribution in [0, 0.1) is 9.54 Å². The third-order valence-corrected chi connectivity index (χ3v) is 2.20. The van der Waals surface area contributed by atoms with Gasteiger partial charge in [-0.1, -0.05) is 0 Å². The third-order valence-electron chi connectivity index (χ3n) is 1.81. The summed E-state index contributed by atoms with van der Waals surface area (Å²) < 4.78 is 0.764. The maximum absolute atomic E-state index is 9.13. The number of phenols is 1. The predicted molar refractivity (Wildman–Crippen MR) is 61.7 cm³/mol. The van der Waals surface area contributed by atoms with Gasteiger partial charge in [-0.2, -0.15) is 0 Å². The van der Waals surface area contributed by atoms with Crippen LogP contribution in [0.2, 0.25) is 0 Å². The van der Waals surface area contributed by atoms with Gasteiger partial charge < -0.3 is 15.1 Å². The van der Waals surface area contributed by atoms with Gasteiger partial charge in [-0.15, -0.1) is 0 Å². The molecule has 0 bridgehead atoms. The number of H-pyrrole nitrogens is 2. The first kappa shape index (κ1) is 10.0. The first-order valence-corrected chi connectivity index (χ1v) is 4.97. The van der Waals surface area contributed by atoms with E-state index in [1.165, 1.54) is 0 Å². The van der Waals surface area contributed by atoms with E-state index < -0.39 is 0 Å². The molecule has 3 N–H and O–H groups in total. The Bertz CT molecular complexity index is 557. The van der Waals surface area contributed by atoms with Gasteiger partial charge in [0.15, 0.2) is 4.77 Å². The lowest BCUT2D eigenvalue weighted by Crippen LogP contribution is -1.92. The second kappa shape index (κ2) is 3.92. The normalized spacial score (nSPS) is 10.1. The Kier molecular flexibility index (Phi) is 2.61. The predicted octanol–water partition coefficient (Wildman–Crippen LogP) is 2.57. The molecular formula is C9H7N3OS2. The smallest absolute Gasteiger partial charge is 0.200 e. The molecule has 15 heavy (non-hydrogen) atoms. The first-order chi connectivity index (χ1) is 7.15. The van der Waals surface area contributed by atoms with Gasteiger partial charge in [-0.25, -0.2) is 4.98 Å². The highest BCUT2D eigenvalue weighted by atomic mass is 32.1. The average Bonchev–Trinajstić information content (AvgIpc) is 2.17. The minimum absolute atomic E-state index is 0.207. The molecule has 76 valence electrons. The van der Waals surface area contributed by atoms with E-state index in [-0.39, 0.29) is 5.75 Å². The molecule has 0 atom stereocenters. The fourth-order valence-corrected chi connectivity index (χ4v) is 1.60. The summed E-state index contributed by atoms with van der Waals surface area (Å²) in [6, 6.07) is 6.62. The van der Waals surface area contributed by atoms with E-state index in [4.69, 9.17) is 29.5 Å². The van der Waals surface area contributed by atoms with Crippen LogP contribution in [0.3, 0.4) is 0 Å². The molecular weight excluding hydrogens is 230 g/mol. The Labute approximate surface area is 95.7 Å². The molecule has 1 aromatic heterocycles. The third kappa shape index (κ3) is 2.28. The molecule has 4 nitrogen and oxygen atoms in total. The topological polar surface area (TPSA) is 64.7 Å². The first-order valence-electron chi connectivity index (χ1n) is 4.15. The van der Waals surface area contributed by atoms with E-state index in [9.17, 15) is 0 Å². The summed E-state index contributed by atoms with van der Waals surface area (Å²) in [4.78, 5) is 9.68. The number of nitrogens with one attached hydrogen (secondary N) is 2. The molecule has 0 aliphatic heterocycles. The van der Waals surface area contributed by atoms with Gasteiger partial charge in [-0.05, 0) is 48.7 Å². The van der Waals surface area contributed by atoms with E-state index in [0.29, 0.717) is 15.4 Å². The lowest BCUT2D eigenvalue weighted by molar-refractivity contribution is 0.475. The molecule has 0 spiro atoms. The highest BCUT2D eigenvalue weighted by Crippen LogP contribution is 2.17. The largest absolute Gasteiger partial charge is 0.508 e. The Morgan fingerprint density at radius 2 is 1.73 bits per heavy atom. The highest BCUT2D eigenvalue weighted by molar-refractivity contribution is 7.71. The van der Waals surface area contributed by atoms with Crippen molar-refractivity contribution in [2.24, 2.45) is 0 Å². The quantitative estimate of drug-likeness (QED) is 0.667. The molecule has 0 unspecified atom stereocenters. The van der Waals surface area contributed by atoms with Gasteiger partial charge >= 0.3 is 0 Å². The maximum Gasteiger partial charge on any atom is 0.200 e. The van der Waals surface area contributed by atoms with Crippen molar-refractivity contribution in [3.63, 3.8) is 0 Å². The van der Waals surface area contributed by atoms with Gasteiger partial charge in [0, 0.05) is 5.56 Å². The van der Waals surface area contributed by atoms with Gasteiger partial charge in [0.2, 0.25) is 4.77 Å². The molecule has 2 aromatic rings. The second-order valence-electron chi connectivity index (χ2n) is 2.89. The van der Waals surface area contributed by atoms with Crippen LogP contribution in [0.15, 0.2) is 24.3 Å². The lowest BCUT2D eigenvalue weighted by atomic mass is 10.2. The van der Waals surface area contributed by atoms with Crippen molar-refractivity contribution in [1.82, 2.24) is 15.0 Å². The van der Waals surface area contributed by atoms with Crippen molar-refractivity contribution < 1.29 is 5.11 Å². The minimum atomic E-state index is 0.207. The molecule has 1 aromatic carbocycles. The minimum Gasteiger partial charge on any atom is -0.508 e. The van der Waals surface area contributed by atoms with E-state index in [1.54, 1.807) is 24.3 Å². The molecule has 0 radical (unpaired) electrons. The van der Waals surface area contributed by atoms with E-state index in [1.807, 2.05) is 0 Å². The number of nitrogens with zero attached hydrogens (tertiary/aromatic N) is 1. The van der Waals surface area contributed by atoms with Crippen molar-refractivity contribution in [3.8, 4) is 17.1 Å². The van der Waals surface area contributed by atoms with Crippen LogP contribution in [-0.4, -0.2) is 20.1 Å². The number of benzene rings is 1. The Hall–Kier alpha value is -1.53. The van der Waals surface area contributed by atoms with Gasteiger partial charge in [0.25, 0.3) is 0 Å². The zero-order chi connectivity index (χ0) is 10.8. The molecule has 0 saturated heterocycles. The summed E-state index contributed by atoms with van der Waals surface area (Å²) in [5.41, 5.74) is 0.819. The van der Waals surface area contributed by atoms with Crippen LogP contribution in [0.1, 0.15) is 0 Å². The van der Waals surface area contributed by atoms with Crippen LogP contribution in [0.25, 0.3) is 11.4 Å². The molecule has 1 heterocycles. The van der Waals surface area contributed by atoms with Crippen molar-refractivity contribution in [3.05, 3.63) is 33.8 Å². The molecule has 2 rings (SSSR count). The average molecular weight is 237 g/mol. The summed E-state index contributed by atoms with van der Waals surface area (Å²) in [6.07, 6.45) is 0. The standard InChI is InChI=1S/C9H7N3OS2/c13-6-3-1-5(2-4-6)7-10-8(14)12-9(15)11-7/h1-4,13H,(H2,10,11,12,14,15). The number of hydrogen-bond donors (Lipinski definition) is 3. The summed E-state index contributed by atoms with van der Waals surface area (Å²) in [5, 5.41) is 9.13. The molecule has 6 heteroatoms. The molecule has 0 aliphatic carbocycles. The Balaban J connectivity index is 2.59. The molecule has 0 saturated carbocycles. The summed E-state index contributed by atoms with van der Waals surface area (Å²) in [7, 11) is 0. The number of aromatic amines is 2. The monoisotopic (exact) mass is 237 g/mol. The number of phenolic OH excluding ortho intramolecular Hbond substituents is 1. The van der Waals surface area contributed by atoms with Crippen molar-refractivity contribution in [2.75, 3.05) is 0 Å². The molecule has 0 fully saturated rings. The van der Waals surface area contributed by atoms with E-state index in [0.717, 1.165) is 5.56 Å². The maximum atomic E-state index is 9.13. The number of rotatable bonds is 1. The second-order valence-corrected chi connectivity index (χ2v) is 3.69. The Morgan fingerprint density at radius 1 is 1.07 bits per heavy atom. The summed E-state index contributed by atoms with van der Waals surface area (Å²) >= 11 is 9.86. The van der Waals surface area contributed by atoms with Gasteiger partial charge in [0.05, 0.1) is 0 Å². The number of aromatic nitrogens is 3. The van der Waals surface area contributed by atoms with Crippen LogP contribution in [0.4, 0.5) is 0 Å². The van der Waals surface area contributed by atoms with E-state index >= 15 is 0 Å². The van der Waals surface area contributed by atoms with Crippen LogP contribution in [-0.2, 0) is 0 Å². The lowest BCUT2D eigenvalue weighted by Gasteiger charge is -2.00. The fraction of sp³-hybridized carbons (Fsp3) is 0. The molecule has 0 amide bonds. The zero-order valence-corrected chi connectivity index (χ0v) is 9.15. The van der Waals surface area contributed by atoms with Gasteiger partial charge in [0.1, 0.15) is 11.6 Å². The van der Waals surface area contributed by atoms with Crippen LogP contribution < -0.4 is 0 Å². The van der Waals surface area contributed by atoms with Crippen molar-refractivity contribution in [1.29, 1.82) is 0 Å². The summed E-state index contributed by atoms with van der Waals surface area (Å²) in [6.45, 7) is 0.